The molecule has 0 N–H and O–H groups in total. The summed E-state index contributed by atoms with van der Waals surface area (Å²) in [5.41, 5.74) is 1.54. The number of ether oxygens (including phenoxy) is 2. The van der Waals surface area contributed by atoms with Gasteiger partial charge in [0.2, 0.25) is 0 Å². The van der Waals surface area contributed by atoms with E-state index in [1.807, 2.05) is 42.5 Å². The van der Waals surface area contributed by atoms with E-state index in [0.29, 0.717) is 11.3 Å². The van der Waals surface area contributed by atoms with Crippen LogP contribution in [0.1, 0.15) is 87.1 Å². The van der Waals surface area contributed by atoms with E-state index in [-0.39, 0.29) is 5.78 Å². The van der Waals surface area contributed by atoms with Crippen molar-refractivity contribution in [3.63, 3.8) is 0 Å². The first-order valence-electron chi connectivity index (χ1n) is 11.9. The van der Waals surface area contributed by atoms with E-state index >= 15 is 0 Å². The fraction of sp³-hybridized carbons (Fsp3) is 0.464. The second kappa shape index (κ2) is 15.9. The number of allylic oxidation sites excluding steroid dienone is 1. The van der Waals surface area contributed by atoms with Crippen molar-refractivity contribution in [2.45, 2.75) is 71.1 Å². The van der Waals surface area contributed by atoms with Gasteiger partial charge in [-0.2, -0.15) is 0 Å². The minimum Gasteiger partial charge on any atom is -0.496 e. The molecule has 0 aromatic heterocycles. The van der Waals surface area contributed by atoms with Crippen LogP contribution in [0.15, 0.2) is 48.5 Å². The number of halogens is 1. The zero-order chi connectivity index (χ0) is 23.0. The number of hydrogen-bond donors (Lipinski definition) is 0. The maximum absolute atomic E-state index is 12.5. The highest BCUT2D eigenvalue weighted by molar-refractivity contribution is 14.1. The summed E-state index contributed by atoms with van der Waals surface area (Å²) in [5, 5.41) is 0. The predicted octanol–water partition coefficient (Wildman–Crippen LogP) is 8.50. The first-order chi connectivity index (χ1) is 15.6. The summed E-state index contributed by atoms with van der Waals surface area (Å²) in [6.45, 7) is 3.03. The maximum atomic E-state index is 12.5. The number of methoxy groups -OCH3 is 1. The van der Waals surface area contributed by atoms with Crippen LogP contribution in [0.4, 0.5) is 0 Å². The van der Waals surface area contributed by atoms with Gasteiger partial charge in [0, 0.05) is 3.57 Å². The summed E-state index contributed by atoms with van der Waals surface area (Å²) in [5.74, 6) is 1.41. The van der Waals surface area contributed by atoms with Crippen LogP contribution in [0.5, 0.6) is 11.5 Å². The molecule has 0 aliphatic rings. The van der Waals surface area contributed by atoms with Gasteiger partial charge in [-0.05, 0) is 71.0 Å². The van der Waals surface area contributed by atoms with Crippen molar-refractivity contribution >= 4 is 34.5 Å². The molecule has 0 amide bonds. The Bertz CT molecular complexity index is 827. The van der Waals surface area contributed by atoms with E-state index in [0.717, 1.165) is 27.9 Å². The van der Waals surface area contributed by atoms with E-state index in [4.69, 9.17) is 9.47 Å². The summed E-state index contributed by atoms with van der Waals surface area (Å²) in [6, 6.07) is 13.5. The molecule has 0 radical (unpaired) electrons. The first kappa shape index (κ1) is 26.4. The third-order valence-electron chi connectivity index (χ3n) is 5.50. The number of benzene rings is 2. The molecule has 0 saturated heterocycles. The van der Waals surface area contributed by atoms with Crippen molar-refractivity contribution in [2.75, 3.05) is 13.7 Å². The lowest BCUT2D eigenvalue weighted by Gasteiger charge is -2.07. The summed E-state index contributed by atoms with van der Waals surface area (Å²) in [4.78, 5) is 12.5. The van der Waals surface area contributed by atoms with Gasteiger partial charge in [-0.3, -0.25) is 4.79 Å². The zero-order valence-electron chi connectivity index (χ0n) is 19.6. The minimum atomic E-state index is -0.0699. The molecule has 0 unspecified atom stereocenters. The molecule has 0 aliphatic heterocycles. The van der Waals surface area contributed by atoms with Crippen LogP contribution < -0.4 is 9.47 Å². The van der Waals surface area contributed by atoms with E-state index in [2.05, 4.69) is 29.5 Å². The SMILES string of the molecule is CCCCCCCCCCCCOc1ccc(C=CC(=O)c2ccc(I)cc2OC)cc1. The maximum Gasteiger partial charge on any atom is 0.189 e. The van der Waals surface area contributed by atoms with Gasteiger partial charge in [0.25, 0.3) is 0 Å². The largest absolute Gasteiger partial charge is 0.496 e. The normalized spacial score (nSPS) is 11.1. The van der Waals surface area contributed by atoms with Gasteiger partial charge >= 0.3 is 0 Å². The molecule has 3 nitrogen and oxygen atoms in total. The Morgan fingerprint density at radius 2 is 1.50 bits per heavy atom. The quantitative estimate of drug-likeness (QED) is 0.0913. The van der Waals surface area contributed by atoms with Crippen molar-refractivity contribution in [2.24, 2.45) is 0 Å². The van der Waals surface area contributed by atoms with E-state index in [9.17, 15) is 4.79 Å². The lowest BCUT2D eigenvalue weighted by Crippen LogP contribution is -1.99. The Hall–Kier alpha value is -1.82. The standard InChI is InChI=1S/C28H37IO3/c1-3-4-5-6-7-8-9-10-11-12-21-32-25-17-13-23(14-18-25)15-20-27(30)26-19-16-24(29)22-28(26)31-2/h13-20,22H,3-12,21H2,1-2H3. The van der Waals surface area contributed by atoms with Crippen LogP contribution in [0.25, 0.3) is 6.08 Å². The molecule has 2 aromatic carbocycles. The second-order valence-corrected chi connectivity index (χ2v) is 9.39. The minimum absolute atomic E-state index is 0.0699. The van der Waals surface area contributed by atoms with E-state index in [1.54, 1.807) is 19.3 Å². The third-order valence-corrected chi connectivity index (χ3v) is 6.17. The number of unbranched alkanes of at least 4 members (excludes halogenated alkanes) is 9. The number of hydrogen-bond acceptors (Lipinski definition) is 3. The van der Waals surface area contributed by atoms with Gasteiger partial charge < -0.3 is 9.47 Å². The van der Waals surface area contributed by atoms with Gasteiger partial charge in [-0.25, -0.2) is 0 Å². The predicted molar refractivity (Wildman–Crippen MR) is 143 cm³/mol. The smallest absolute Gasteiger partial charge is 0.189 e. The molecular formula is C28H37IO3. The van der Waals surface area contributed by atoms with Crippen molar-refractivity contribution in [1.82, 2.24) is 0 Å². The van der Waals surface area contributed by atoms with E-state index < -0.39 is 0 Å². The van der Waals surface area contributed by atoms with Gasteiger partial charge in [0.05, 0.1) is 19.3 Å². The van der Waals surface area contributed by atoms with Crippen molar-refractivity contribution < 1.29 is 14.3 Å². The highest BCUT2D eigenvalue weighted by atomic mass is 127. The van der Waals surface area contributed by atoms with Crippen LogP contribution in [0.3, 0.4) is 0 Å². The van der Waals surface area contributed by atoms with Crippen LogP contribution in [-0.4, -0.2) is 19.5 Å². The molecule has 0 aliphatic carbocycles. The molecule has 0 heterocycles. The Morgan fingerprint density at radius 1 is 0.875 bits per heavy atom. The zero-order valence-corrected chi connectivity index (χ0v) is 21.7. The van der Waals surface area contributed by atoms with Crippen molar-refractivity contribution in [1.29, 1.82) is 0 Å². The fourth-order valence-electron chi connectivity index (χ4n) is 3.58. The summed E-state index contributed by atoms with van der Waals surface area (Å²) in [6.07, 6.45) is 16.7. The molecule has 2 rings (SSSR count). The molecule has 0 atom stereocenters. The summed E-state index contributed by atoms with van der Waals surface area (Å²) in [7, 11) is 1.58. The highest BCUT2D eigenvalue weighted by Crippen LogP contribution is 2.22. The summed E-state index contributed by atoms with van der Waals surface area (Å²) >= 11 is 2.21. The molecule has 0 spiro atoms. The average molecular weight is 549 g/mol. The molecule has 0 bridgehead atoms. The van der Waals surface area contributed by atoms with Crippen LogP contribution in [-0.2, 0) is 0 Å². The Labute approximate surface area is 207 Å². The number of carbonyl (C=O) groups excluding carboxylic acids is 1. The van der Waals surface area contributed by atoms with E-state index in [1.165, 1.54) is 57.8 Å². The molecule has 174 valence electrons. The topological polar surface area (TPSA) is 35.5 Å². The number of ketones is 1. The van der Waals surface area contributed by atoms with Gasteiger partial charge in [-0.1, -0.05) is 82.9 Å². The van der Waals surface area contributed by atoms with Crippen molar-refractivity contribution in [3.8, 4) is 11.5 Å². The molecule has 4 heteroatoms. The second-order valence-electron chi connectivity index (χ2n) is 8.14. The lowest BCUT2D eigenvalue weighted by atomic mass is 10.1. The Balaban J connectivity index is 1.65. The van der Waals surface area contributed by atoms with Gasteiger partial charge in [0.1, 0.15) is 11.5 Å². The first-order valence-corrected chi connectivity index (χ1v) is 13.0. The van der Waals surface area contributed by atoms with Crippen LogP contribution in [0, 0.1) is 3.57 Å². The summed E-state index contributed by atoms with van der Waals surface area (Å²) < 4.78 is 12.2. The fourth-order valence-corrected chi connectivity index (χ4v) is 4.05. The van der Waals surface area contributed by atoms with Crippen molar-refractivity contribution in [3.05, 3.63) is 63.2 Å². The molecule has 0 fully saturated rings. The molecule has 0 saturated carbocycles. The molecular weight excluding hydrogens is 511 g/mol. The Kier molecular flexibility index (Phi) is 13.1. The molecule has 2 aromatic rings. The third kappa shape index (κ3) is 10.2. The number of rotatable bonds is 16. The molecule has 32 heavy (non-hydrogen) atoms. The number of carbonyl (C=O) groups is 1. The highest BCUT2D eigenvalue weighted by Gasteiger charge is 2.09. The van der Waals surface area contributed by atoms with Crippen LogP contribution in [0.2, 0.25) is 0 Å². The monoisotopic (exact) mass is 548 g/mol. The van der Waals surface area contributed by atoms with Crippen LogP contribution >= 0.6 is 22.6 Å². The lowest BCUT2D eigenvalue weighted by molar-refractivity contribution is 0.104. The average Bonchev–Trinajstić information content (AvgIpc) is 2.81. The van der Waals surface area contributed by atoms with Gasteiger partial charge in [0.15, 0.2) is 5.78 Å². The van der Waals surface area contributed by atoms with Gasteiger partial charge in [-0.15, -0.1) is 0 Å². The Morgan fingerprint density at radius 3 is 2.12 bits per heavy atom.